The Hall–Kier alpha value is -1.10. The molecule has 1 saturated carbocycles. The fourth-order valence-corrected chi connectivity index (χ4v) is 3.20. The van der Waals surface area contributed by atoms with Crippen molar-refractivity contribution >= 4 is 11.8 Å². The molecule has 1 heterocycles. The molecular weight excluding hydrogens is 242 g/mol. The maximum Gasteiger partial charge on any atom is 0.222 e. The van der Waals surface area contributed by atoms with Gasteiger partial charge in [-0.2, -0.15) is 0 Å². The summed E-state index contributed by atoms with van der Waals surface area (Å²) in [6.07, 6.45) is 6.20. The van der Waals surface area contributed by atoms with E-state index in [0.717, 1.165) is 32.1 Å². The van der Waals surface area contributed by atoms with E-state index in [-0.39, 0.29) is 23.9 Å². The third kappa shape index (κ3) is 4.20. The molecule has 2 rings (SSSR count). The minimum absolute atomic E-state index is 0.117. The van der Waals surface area contributed by atoms with Crippen molar-refractivity contribution in [3.05, 3.63) is 0 Å². The number of hydrogen-bond donors (Lipinski definition) is 2. The van der Waals surface area contributed by atoms with Gasteiger partial charge in [0, 0.05) is 38.5 Å². The van der Waals surface area contributed by atoms with Crippen molar-refractivity contribution in [2.45, 2.75) is 57.0 Å². The molecule has 108 valence electrons. The first-order chi connectivity index (χ1) is 9.04. The minimum Gasteiger partial charge on any atom is -0.352 e. The highest BCUT2D eigenvalue weighted by molar-refractivity contribution is 5.79. The average Bonchev–Trinajstić information content (AvgIpc) is 2.34. The van der Waals surface area contributed by atoms with Gasteiger partial charge in [-0.25, -0.2) is 0 Å². The van der Waals surface area contributed by atoms with Crippen molar-refractivity contribution in [2.75, 3.05) is 13.6 Å². The van der Waals surface area contributed by atoms with Crippen LogP contribution >= 0.6 is 0 Å². The number of nitrogens with two attached hydrogens (primary N) is 1. The predicted molar refractivity (Wildman–Crippen MR) is 73.4 cm³/mol. The molecule has 0 radical (unpaired) electrons. The third-order valence-corrected chi connectivity index (χ3v) is 4.29. The fraction of sp³-hybridized carbons (Fsp3) is 0.857. The van der Waals surface area contributed by atoms with Crippen molar-refractivity contribution in [1.82, 2.24) is 10.2 Å². The molecular formula is C14H25N3O2. The van der Waals surface area contributed by atoms with Crippen LogP contribution in [-0.2, 0) is 9.59 Å². The van der Waals surface area contributed by atoms with E-state index < -0.39 is 0 Å². The number of likely N-dealkylation sites (N-methyl/N-ethyl adjacent to an activating group) is 1. The summed E-state index contributed by atoms with van der Waals surface area (Å²) in [4.78, 5) is 25.1. The maximum atomic E-state index is 12.0. The van der Waals surface area contributed by atoms with Crippen LogP contribution in [-0.4, -0.2) is 42.4 Å². The van der Waals surface area contributed by atoms with Gasteiger partial charge < -0.3 is 16.0 Å². The summed E-state index contributed by atoms with van der Waals surface area (Å²) < 4.78 is 0. The number of nitrogens with one attached hydrogen (secondary N) is 1. The second kappa shape index (κ2) is 6.37. The van der Waals surface area contributed by atoms with Gasteiger partial charge in [0.1, 0.15) is 0 Å². The molecule has 2 aliphatic rings. The van der Waals surface area contributed by atoms with Gasteiger partial charge in [-0.3, -0.25) is 9.59 Å². The lowest BCUT2D eigenvalue weighted by atomic mass is 9.84. The smallest absolute Gasteiger partial charge is 0.222 e. The molecule has 19 heavy (non-hydrogen) atoms. The molecule has 1 aliphatic heterocycles. The quantitative estimate of drug-likeness (QED) is 0.787. The van der Waals surface area contributed by atoms with E-state index in [4.69, 9.17) is 5.73 Å². The van der Waals surface area contributed by atoms with Crippen LogP contribution in [0.5, 0.6) is 0 Å². The van der Waals surface area contributed by atoms with Crippen LogP contribution in [0.2, 0.25) is 0 Å². The summed E-state index contributed by atoms with van der Waals surface area (Å²) >= 11 is 0. The van der Waals surface area contributed by atoms with E-state index in [1.165, 1.54) is 0 Å². The molecule has 5 heteroatoms. The van der Waals surface area contributed by atoms with E-state index in [1.807, 2.05) is 0 Å². The summed E-state index contributed by atoms with van der Waals surface area (Å²) in [7, 11) is 1.79. The topological polar surface area (TPSA) is 75.4 Å². The number of likely N-dealkylation sites (tertiary alicyclic amines) is 1. The Balaban J connectivity index is 1.73. The summed E-state index contributed by atoms with van der Waals surface area (Å²) in [5.74, 6) is 0.724. The minimum atomic E-state index is 0.117. The normalized spacial score (nSPS) is 32.2. The lowest BCUT2D eigenvalue weighted by Crippen LogP contribution is -2.48. The first kappa shape index (κ1) is 14.3. The summed E-state index contributed by atoms with van der Waals surface area (Å²) in [6.45, 7) is 0.634. The Kier molecular flexibility index (Phi) is 4.80. The monoisotopic (exact) mass is 267 g/mol. The van der Waals surface area contributed by atoms with Crippen LogP contribution in [0.1, 0.15) is 44.9 Å². The molecule has 1 saturated heterocycles. The predicted octanol–water partition coefficient (Wildman–Crippen LogP) is 0.631. The van der Waals surface area contributed by atoms with E-state index in [2.05, 4.69) is 5.32 Å². The van der Waals surface area contributed by atoms with Gasteiger partial charge in [0.25, 0.3) is 0 Å². The van der Waals surface area contributed by atoms with Gasteiger partial charge in [-0.1, -0.05) is 6.42 Å². The van der Waals surface area contributed by atoms with Crippen LogP contribution in [0.3, 0.4) is 0 Å². The van der Waals surface area contributed by atoms with E-state index in [0.29, 0.717) is 25.3 Å². The van der Waals surface area contributed by atoms with E-state index in [1.54, 1.807) is 11.9 Å². The first-order valence-corrected chi connectivity index (χ1v) is 7.33. The van der Waals surface area contributed by atoms with Crippen molar-refractivity contribution in [3.63, 3.8) is 0 Å². The number of carbonyl (C=O) groups excluding carboxylic acids is 2. The Morgan fingerprint density at radius 2 is 2.21 bits per heavy atom. The van der Waals surface area contributed by atoms with Gasteiger partial charge in [0.2, 0.25) is 11.8 Å². The Bertz CT molecular complexity index is 346. The van der Waals surface area contributed by atoms with Crippen LogP contribution in [0.15, 0.2) is 0 Å². The summed E-state index contributed by atoms with van der Waals surface area (Å²) in [5.41, 5.74) is 5.94. The first-order valence-electron chi connectivity index (χ1n) is 7.33. The Morgan fingerprint density at radius 1 is 1.42 bits per heavy atom. The summed E-state index contributed by atoms with van der Waals surface area (Å²) in [5, 5.41) is 3.06. The number of nitrogens with zero attached hydrogens (tertiary/aromatic N) is 1. The lowest BCUT2D eigenvalue weighted by Gasteiger charge is -2.31. The molecule has 2 fully saturated rings. The molecule has 0 bridgehead atoms. The fourth-order valence-electron chi connectivity index (χ4n) is 3.20. The van der Waals surface area contributed by atoms with Crippen LogP contribution in [0.4, 0.5) is 0 Å². The Labute approximate surface area is 114 Å². The van der Waals surface area contributed by atoms with Gasteiger partial charge in [0.15, 0.2) is 0 Å². The van der Waals surface area contributed by atoms with Crippen molar-refractivity contribution < 1.29 is 9.59 Å². The van der Waals surface area contributed by atoms with Gasteiger partial charge in [-0.05, 0) is 31.6 Å². The van der Waals surface area contributed by atoms with Gasteiger partial charge in [-0.15, -0.1) is 0 Å². The highest BCUT2D eigenvalue weighted by atomic mass is 16.2. The molecule has 0 spiro atoms. The summed E-state index contributed by atoms with van der Waals surface area (Å²) in [6, 6.07) is 0.387. The third-order valence-electron chi connectivity index (χ3n) is 4.29. The molecule has 2 amide bonds. The molecule has 0 aromatic heterocycles. The van der Waals surface area contributed by atoms with Crippen LogP contribution in [0.25, 0.3) is 0 Å². The highest BCUT2D eigenvalue weighted by Gasteiger charge is 2.26. The average molecular weight is 267 g/mol. The van der Waals surface area contributed by atoms with Gasteiger partial charge >= 0.3 is 0 Å². The van der Waals surface area contributed by atoms with Crippen LogP contribution < -0.4 is 11.1 Å². The molecule has 3 N–H and O–H groups in total. The molecule has 5 nitrogen and oxygen atoms in total. The number of carbonyl (C=O) groups is 2. The lowest BCUT2D eigenvalue weighted by molar-refractivity contribution is -0.134. The van der Waals surface area contributed by atoms with Crippen LogP contribution in [0, 0.1) is 5.92 Å². The molecule has 0 aromatic carbocycles. The van der Waals surface area contributed by atoms with Crippen molar-refractivity contribution in [1.29, 1.82) is 0 Å². The highest BCUT2D eigenvalue weighted by Crippen LogP contribution is 2.25. The SMILES string of the molecule is CN1CC(NC(=O)CC2CCCC(N)C2)CCC1=O. The zero-order valence-corrected chi connectivity index (χ0v) is 11.7. The molecule has 0 aromatic rings. The van der Waals surface area contributed by atoms with Crippen molar-refractivity contribution in [2.24, 2.45) is 11.7 Å². The zero-order chi connectivity index (χ0) is 13.8. The van der Waals surface area contributed by atoms with Gasteiger partial charge in [0.05, 0.1) is 0 Å². The van der Waals surface area contributed by atoms with E-state index >= 15 is 0 Å². The second-order valence-electron chi connectivity index (χ2n) is 6.07. The maximum absolute atomic E-state index is 12.0. The zero-order valence-electron chi connectivity index (χ0n) is 11.7. The Morgan fingerprint density at radius 3 is 2.89 bits per heavy atom. The number of piperidine rings is 1. The second-order valence-corrected chi connectivity index (χ2v) is 6.07. The van der Waals surface area contributed by atoms with E-state index in [9.17, 15) is 9.59 Å². The van der Waals surface area contributed by atoms with Crippen molar-refractivity contribution in [3.8, 4) is 0 Å². The number of hydrogen-bond acceptors (Lipinski definition) is 3. The molecule has 3 unspecified atom stereocenters. The number of amides is 2. The molecule has 1 aliphatic carbocycles. The number of rotatable bonds is 3. The largest absolute Gasteiger partial charge is 0.352 e. The molecule has 3 atom stereocenters. The standard InChI is InChI=1S/C14H25N3O2/c1-17-9-12(5-6-14(17)19)16-13(18)8-10-3-2-4-11(15)7-10/h10-12H,2-9,15H2,1H3,(H,16,18).